The first kappa shape index (κ1) is 9.48. The van der Waals surface area contributed by atoms with Gasteiger partial charge in [-0.3, -0.25) is 10.2 Å². The minimum Gasteiger partial charge on any atom is -0.306 e. The number of hydrogen-bond acceptors (Lipinski definition) is 3. The summed E-state index contributed by atoms with van der Waals surface area (Å²) in [6.45, 7) is 2.09. The van der Waals surface area contributed by atoms with E-state index in [1.54, 1.807) is 0 Å². The Labute approximate surface area is 73.1 Å². The van der Waals surface area contributed by atoms with Crippen LogP contribution in [0.2, 0.25) is 0 Å². The molecule has 4 nitrogen and oxygen atoms in total. The van der Waals surface area contributed by atoms with Crippen LogP contribution in [0.1, 0.15) is 19.3 Å². The summed E-state index contributed by atoms with van der Waals surface area (Å²) in [6, 6.07) is 0. The van der Waals surface area contributed by atoms with Gasteiger partial charge in [0, 0.05) is 5.92 Å². The number of amides is 1. The molecule has 0 spiro atoms. The summed E-state index contributed by atoms with van der Waals surface area (Å²) < 4.78 is 0. The first-order chi connectivity index (χ1) is 5.74. The number of nitrogens with zero attached hydrogens (tertiary/aromatic N) is 1. The molecule has 0 bridgehead atoms. The van der Waals surface area contributed by atoms with Crippen LogP contribution < -0.4 is 11.3 Å². The molecule has 1 saturated heterocycles. The van der Waals surface area contributed by atoms with Gasteiger partial charge in [0.2, 0.25) is 5.91 Å². The quantitative estimate of drug-likeness (QED) is 0.324. The van der Waals surface area contributed by atoms with Gasteiger partial charge in [0.05, 0.1) is 0 Å². The van der Waals surface area contributed by atoms with E-state index in [2.05, 4.69) is 17.4 Å². The Hall–Kier alpha value is -0.610. The topological polar surface area (TPSA) is 58.4 Å². The Kier molecular flexibility index (Phi) is 3.49. The molecule has 1 aliphatic rings. The SMILES string of the molecule is CN1CCCC(C(=O)NN)CC1. The van der Waals surface area contributed by atoms with E-state index in [1.165, 1.54) is 0 Å². The van der Waals surface area contributed by atoms with Gasteiger partial charge in [-0.2, -0.15) is 0 Å². The molecule has 1 amide bonds. The van der Waals surface area contributed by atoms with Crippen LogP contribution in [0.15, 0.2) is 0 Å². The van der Waals surface area contributed by atoms with Gasteiger partial charge in [-0.05, 0) is 39.4 Å². The van der Waals surface area contributed by atoms with Crippen molar-refractivity contribution in [2.24, 2.45) is 11.8 Å². The maximum absolute atomic E-state index is 11.2. The van der Waals surface area contributed by atoms with Gasteiger partial charge in [-0.1, -0.05) is 0 Å². The zero-order chi connectivity index (χ0) is 8.97. The summed E-state index contributed by atoms with van der Waals surface area (Å²) in [7, 11) is 2.09. The van der Waals surface area contributed by atoms with E-state index in [0.717, 1.165) is 32.4 Å². The first-order valence-corrected chi connectivity index (χ1v) is 4.43. The third-order valence-electron chi connectivity index (χ3n) is 2.46. The van der Waals surface area contributed by atoms with Crippen molar-refractivity contribution in [1.82, 2.24) is 10.3 Å². The molecule has 0 radical (unpaired) electrons. The molecule has 1 aliphatic heterocycles. The van der Waals surface area contributed by atoms with Crippen LogP contribution in [0.25, 0.3) is 0 Å². The molecule has 12 heavy (non-hydrogen) atoms. The maximum atomic E-state index is 11.2. The number of carbonyl (C=O) groups is 1. The fraction of sp³-hybridized carbons (Fsp3) is 0.875. The number of carbonyl (C=O) groups excluding carboxylic acids is 1. The standard InChI is InChI=1S/C8H17N3O/c1-11-5-2-3-7(4-6-11)8(12)10-9/h7H,2-6,9H2,1H3,(H,10,12). The van der Waals surface area contributed by atoms with E-state index in [1.807, 2.05) is 0 Å². The number of rotatable bonds is 1. The predicted octanol–water partition coefficient (Wildman–Crippen LogP) is -0.292. The van der Waals surface area contributed by atoms with Crippen molar-refractivity contribution < 1.29 is 4.79 Å². The van der Waals surface area contributed by atoms with Gasteiger partial charge < -0.3 is 4.90 Å². The zero-order valence-corrected chi connectivity index (χ0v) is 7.55. The van der Waals surface area contributed by atoms with Gasteiger partial charge in [-0.15, -0.1) is 0 Å². The molecule has 1 rings (SSSR count). The minimum atomic E-state index is -0.00898. The molecule has 0 aromatic rings. The average molecular weight is 171 g/mol. The fourth-order valence-corrected chi connectivity index (χ4v) is 1.62. The summed E-state index contributed by atoms with van der Waals surface area (Å²) in [6.07, 6.45) is 2.99. The van der Waals surface area contributed by atoms with Crippen LogP contribution in [0.3, 0.4) is 0 Å². The van der Waals surface area contributed by atoms with Crippen molar-refractivity contribution in [3.63, 3.8) is 0 Å². The number of hydrogen-bond donors (Lipinski definition) is 2. The molecule has 0 aliphatic carbocycles. The van der Waals surface area contributed by atoms with E-state index >= 15 is 0 Å². The zero-order valence-electron chi connectivity index (χ0n) is 7.55. The molecule has 4 heteroatoms. The second-order valence-electron chi connectivity index (χ2n) is 3.44. The van der Waals surface area contributed by atoms with Crippen LogP contribution in [0.5, 0.6) is 0 Å². The highest BCUT2D eigenvalue weighted by molar-refractivity contribution is 5.77. The van der Waals surface area contributed by atoms with Crippen LogP contribution in [0.4, 0.5) is 0 Å². The second-order valence-corrected chi connectivity index (χ2v) is 3.44. The van der Waals surface area contributed by atoms with Gasteiger partial charge in [0.1, 0.15) is 0 Å². The Bertz CT molecular complexity index is 160. The van der Waals surface area contributed by atoms with Crippen molar-refractivity contribution in [3.05, 3.63) is 0 Å². The van der Waals surface area contributed by atoms with E-state index in [0.29, 0.717) is 0 Å². The highest BCUT2D eigenvalue weighted by Crippen LogP contribution is 2.16. The number of hydrazine groups is 1. The molecule has 70 valence electrons. The van der Waals surface area contributed by atoms with Gasteiger partial charge in [-0.25, -0.2) is 5.84 Å². The third-order valence-corrected chi connectivity index (χ3v) is 2.46. The molecule has 0 saturated carbocycles. The van der Waals surface area contributed by atoms with Crippen LogP contribution in [-0.4, -0.2) is 30.9 Å². The Morgan fingerprint density at radius 3 is 2.92 bits per heavy atom. The molecule has 1 fully saturated rings. The maximum Gasteiger partial charge on any atom is 0.237 e. The van der Waals surface area contributed by atoms with Gasteiger partial charge in [0.25, 0.3) is 0 Å². The van der Waals surface area contributed by atoms with E-state index in [4.69, 9.17) is 5.84 Å². The molecular weight excluding hydrogens is 154 g/mol. The predicted molar refractivity (Wildman–Crippen MR) is 47.2 cm³/mol. The lowest BCUT2D eigenvalue weighted by Gasteiger charge is -2.12. The molecule has 1 unspecified atom stereocenters. The van der Waals surface area contributed by atoms with E-state index in [-0.39, 0.29) is 11.8 Å². The molecule has 1 heterocycles. The van der Waals surface area contributed by atoms with Crippen molar-refractivity contribution in [2.75, 3.05) is 20.1 Å². The minimum absolute atomic E-state index is 0.00898. The Morgan fingerprint density at radius 2 is 2.25 bits per heavy atom. The fourth-order valence-electron chi connectivity index (χ4n) is 1.62. The highest BCUT2D eigenvalue weighted by Gasteiger charge is 2.20. The lowest BCUT2D eigenvalue weighted by molar-refractivity contribution is -0.125. The molecule has 0 aromatic heterocycles. The van der Waals surface area contributed by atoms with E-state index in [9.17, 15) is 4.79 Å². The van der Waals surface area contributed by atoms with E-state index < -0.39 is 0 Å². The highest BCUT2D eigenvalue weighted by atomic mass is 16.2. The summed E-state index contributed by atoms with van der Waals surface area (Å²) in [5.74, 6) is 5.19. The summed E-state index contributed by atoms with van der Waals surface area (Å²) in [5, 5.41) is 0. The Balaban J connectivity index is 2.40. The molecule has 0 aromatic carbocycles. The summed E-state index contributed by atoms with van der Waals surface area (Å²) in [4.78, 5) is 13.4. The third kappa shape index (κ3) is 2.46. The normalized spacial score (nSPS) is 26.3. The number of likely N-dealkylation sites (tertiary alicyclic amines) is 1. The van der Waals surface area contributed by atoms with Crippen molar-refractivity contribution in [1.29, 1.82) is 0 Å². The van der Waals surface area contributed by atoms with Gasteiger partial charge in [0.15, 0.2) is 0 Å². The lowest BCUT2D eigenvalue weighted by Crippen LogP contribution is -2.36. The van der Waals surface area contributed by atoms with Crippen LogP contribution in [0, 0.1) is 5.92 Å². The Morgan fingerprint density at radius 1 is 1.50 bits per heavy atom. The van der Waals surface area contributed by atoms with Crippen LogP contribution >= 0.6 is 0 Å². The number of nitrogens with two attached hydrogens (primary N) is 1. The summed E-state index contributed by atoms with van der Waals surface area (Å²) >= 11 is 0. The lowest BCUT2D eigenvalue weighted by atomic mass is 10.0. The first-order valence-electron chi connectivity index (χ1n) is 4.43. The monoisotopic (exact) mass is 171 g/mol. The smallest absolute Gasteiger partial charge is 0.237 e. The van der Waals surface area contributed by atoms with Crippen LogP contribution in [-0.2, 0) is 4.79 Å². The van der Waals surface area contributed by atoms with Crippen molar-refractivity contribution in [3.8, 4) is 0 Å². The van der Waals surface area contributed by atoms with Crippen molar-refractivity contribution in [2.45, 2.75) is 19.3 Å². The molecular formula is C8H17N3O. The molecule has 1 atom stereocenters. The summed E-state index contributed by atoms with van der Waals surface area (Å²) in [5.41, 5.74) is 2.22. The largest absolute Gasteiger partial charge is 0.306 e. The van der Waals surface area contributed by atoms with Crippen molar-refractivity contribution >= 4 is 5.91 Å². The molecule has 3 N–H and O–H groups in total. The average Bonchev–Trinajstić information content (AvgIpc) is 2.29. The second kappa shape index (κ2) is 4.42. The van der Waals surface area contributed by atoms with Gasteiger partial charge >= 0.3 is 0 Å². The number of nitrogens with one attached hydrogen (secondary N) is 1.